The Morgan fingerprint density at radius 3 is 2.35 bits per heavy atom. The first-order valence-electron chi connectivity index (χ1n) is 6.54. The maximum atomic E-state index is 12.1. The molecule has 0 saturated heterocycles. The Kier molecular flexibility index (Phi) is 2.87. The van der Waals surface area contributed by atoms with Gasteiger partial charge in [0.05, 0.1) is 0 Å². The van der Waals surface area contributed by atoms with Crippen LogP contribution in [0.2, 0.25) is 0 Å². The number of benzene rings is 3. The van der Waals surface area contributed by atoms with Gasteiger partial charge in [0, 0.05) is 5.56 Å². The number of Topliss-reactive ketones (excluding diaryl/α,β-unsaturated/α-hetero) is 1. The normalized spacial score (nSPS) is 10.9. The van der Waals surface area contributed by atoms with Crippen molar-refractivity contribution in [1.29, 1.82) is 0 Å². The molecule has 20 heavy (non-hydrogen) atoms. The highest BCUT2D eigenvalue weighted by Gasteiger charge is 2.14. The third kappa shape index (κ3) is 1.81. The number of ketones is 1. The zero-order valence-corrected chi connectivity index (χ0v) is 11.4. The third-order valence-electron chi connectivity index (χ3n) is 3.83. The van der Waals surface area contributed by atoms with E-state index in [0.29, 0.717) is 11.8 Å². The van der Waals surface area contributed by atoms with Crippen molar-refractivity contribution in [2.24, 2.45) is 0 Å². The number of fused-ring (bicyclic) bond motifs is 2. The molecule has 0 aliphatic carbocycles. The van der Waals surface area contributed by atoms with Crippen LogP contribution < -0.4 is 0 Å². The number of hydrogen-bond donors (Lipinski definition) is 0. The van der Waals surface area contributed by atoms with Crippen molar-refractivity contribution >= 4 is 33.6 Å². The minimum atomic E-state index is -0.463. The van der Waals surface area contributed by atoms with Crippen molar-refractivity contribution in [2.45, 2.75) is 13.8 Å². The van der Waals surface area contributed by atoms with Gasteiger partial charge in [0.1, 0.15) is 0 Å². The van der Waals surface area contributed by atoms with Gasteiger partial charge >= 0.3 is 0 Å². The minimum absolute atomic E-state index is 0.399. The summed E-state index contributed by atoms with van der Waals surface area (Å²) in [6, 6.07) is 13.8. The molecule has 0 radical (unpaired) electrons. The summed E-state index contributed by atoms with van der Waals surface area (Å²) in [5.41, 5.74) is 2.81. The summed E-state index contributed by atoms with van der Waals surface area (Å²) in [5.74, 6) is -0.463. The quantitative estimate of drug-likeness (QED) is 0.303. The molecule has 2 heteroatoms. The van der Waals surface area contributed by atoms with E-state index in [4.69, 9.17) is 0 Å². The van der Waals surface area contributed by atoms with Crippen LogP contribution in [0, 0.1) is 13.8 Å². The lowest BCUT2D eigenvalue weighted by molar-refractivity contribution is -0.104. The number of aldehydes is 1. The van der Waals surface area contributed by atoms with Gasteiger partial charge < -0.3 is 0 Å². The Balaban J connectivity index is 2.57. The van der Waals surface area contributed by atoms with Crippen molar-refractivity contribution in [2.75, 3.05) is 0 Å². The topological polar surface area (TPSA) is 34.1 Å². The molecule has 0 aliphatic heterocycles. The Labute approximate surface area is 117 Å². The van der Waals surface area contributed by atoms with Gasteiger partial charge in [-0.15, -0.1) is 0 Å². The SMILES string of the molecule is Cc1cc2cc3ccccc3c(C(=O)C=O)c2cc1C. The minimum Gasteiger partial charge on any atom is -0.294 e. The van der Waals surface area contributed by atoms with E-state index in [9.17, 15) is 9.59 Å². The molecular weight excluding hydrogens is 248 g/mol. The summed E-state index contributed by atoms with van der Waals surface area (Å²) in [6.07, 6.45) is 0.399. The largest absolute Gasteiger partial charge is 0.294 e. The van der Waals surface area contributed by atoms with Crippen LogP contribution in [0.4, 0.5) is 0 Å². The van der Waals surface area contributed by atoms with E-state index >= 15 is 0 Å². The molecule has 0 atom stereocenters. The number of aryl methyl sites for hydroxylation is 2. The van der Waals surface area contributed by atoms with E-state index in [2.05, 4.69) is 12.1 Å². The first-order chi connectivity index (χ1) is 9.61. The molecule has 0 aliphatic rings. The highest BCUT2D eigenvalue weighted by Crippen LogP contribution is 2.30. The molecule has 0 unspecified atom stereocenters. The standard InChI is InChI=1S/C18H14O2/c1-11-7-14-9-13-5-3-4-6-15(13)18(17(20)10-19)16(14)8-12(11)2/h3-10H,1-2H3. The summed E-state index contributed by atoms with van der Waals surface area (Å²) in [4.78, 5) is 23.1. The van der Waals surface area contributed by atoms with Gasteiger partial charge in [-0.25, -0.2) is 0 Å². The monoisotopic (exact) mass is 262 g/mol. The highest BCUT2D eigenvalue weighted by atomic mass is 16.2. The molecule has 98 valence electrons. The first kappa shape index (κ1) is 12.5. The number of rotatable bonds is 2. The molecule has 0 heterocycles. The zero-order valence-electron chi connectivity index (χ0n) is 11.4. The summed E-state index contributed by atoms with van der Waals surface area (Å²) < 4.78 is 0. The maximum Gasteiger partial charge on any atom is 0.226 e. The van der Waals surface area contributed by atoms with Crippen LogP contribution in [0.1, 0.15) is 21.5 Å². The molecule has 0 fully saturated rings. The molecule has 0 saturated carbocycles. The fraction of sp³-hybridized carbons (Fsp3) is 0.111. The molecule has 0 aromatic heterocycles. The lowest BCUT2D eigenvalue weighted by Gasteiger charge is -2.11. The Hall–Kier alpha value is -2.48. The molecule has 0 spiro atoms. The lowest BCUT2D eigenvalue weighted by Crippen LogP contribution is -2.03. The second-order valence-corrected chi connectivity index (χ2v) is 5.11. The van der Waals surface area contributed by atoms with E-state index in [-0.39, 0.29) is 0 Å². The first-order valence-corrected chi connectivity index (χ1v) is 6.54. The summed E-state index contributed by atoms with van der Waals surface area (Å²) in [7, 11) is 0. The average Bonchev–Trinajstić information content (AvgIpc) is 2.45. The van der Waals surface area contributed by atoms with Crippen LogP contribution in [0.15, 0.2) is 42.5 Å². The Morgan fingerprint density at radius 2 is 1.60 bits per heavy atom. The maximum absolute atomic E-state index is 12.1. The average molecular weight is 262 g/mol. The van der Waals surface area contributed by atoms with Gasteiger partial charge in [0.15, 0.2) is 6.29 Å². The van der Waals surface area contributed by atoms with Crippen LogP contribution in [0.5, 0.6) is 0 Å². The molecule has 0 bridgehead atoms. The van der Waals surface area contributed by atoms with Gasteiger partial charge in [-0.05, 0) is 52.6 Å². The third-order valence-corrected chi connectivity index (χ3v) is 3.83. The number of carbonyl (C=O) groups is 2. The highest BCUT2D eigenvalue weighted by molar-refractivity contribution is 6.40. The zero-order chi connectivity index (χ0) is 14.3. The molecule has 3 rings (SSSR count). The number of hydrogen-bond acceptors (Lipinski definition) is 2. The van der Waals surface area contributed by atoms with Crippen LogP contribution >= 0.6 is 0 Å². The number of carbonyl (C=O) groups excluding carboxylic acids is 2. The van der Waals surface area contributed by atoms with Gasteiger partial charge in [-0.2, -0.15) is 0 Å². The van der Waals surface area contributed by atoms with E-state index in [1.807, 2.05) is 44.2 Å². The van der Waals surface area contributed by atoms with Crippen molar-refractivity contribution in [1.82, 2.24) is 0 Å². The predicted octanol–water partition coefficient (Wildman–Crippen LogP) is 3.99. The van der Waals surface area contributed by atoms with Crippen molar-refractivity contribution in [3.8, 4) is 0 Å². The summed E-state index contributed by atoms with van der Waals surface area (Å²) in [5, 5.41) is 3.66. The lowest BCUT2D eigenvalue weighted by atomic mass is 9.92. The van der Waals surface area contributed by atoms with Gasteiger partial charge in [-0.3, -0.25) is 9.59 Å². The summed E-state index contributed by atoms with van der Waals surface area (Å²) in [6.45, 7) is 4.06. The fourth-order valence-electron chi connectivity index (χ4n) is 2.66. The predicted molar refractivity (Wildman–Crippen MR) is 81.3 cm³/mol. The van der Waals surface area contributed by atoms with Crippen LogP contribution in [0.3, 0.4) is 0 Å². The van der Waals surface area contributed by atoms with E-state index in [1.54, 1.807) is 0 Å². The Bertz CT molecular complexity index is 860. The molecule has 2 nitrogen and oxygen atoms in total. The fourth-order valence-corrected chi connectivity index (χ4v) is 2.66. The van der Waals surface area contributed by atoms with Gasteiger partial charge in [-0.1, -0.05) is 36.4 Å². The van der Waals surface area contributed by atoms with E-state index in [0.717, 1.165) is 27.1 Å². The second-order valence-electron chi connectivity index (χ2n) is 5.11. The molecule has 3 aromatic carbocycles. The Morgan fingerprint density at radius 1 is 0.900 bits per heavy atom. The summed E-state index contributed by atoms with van der Waals surface area (Å²) >= 11 is 0. The van der Waals surface area contributed by atoms with Gasteiger partial charge in [0.25, 0.3) is 0 Å². The van der Waals surface area contributed by atoms with E-state index in [1.165, 1.54) is 5.56 Å². The molecule has 0 amide bonds. The van der Waals surface area contributed by atoms with Crippen molar-refractivity contribution in [3.63, 3.8) is 0 Å². The smallest absolute Gasteiger partial charge is 0.226 e. The second kappa shape index (κ2) is 4.57. The molecular formula is C18H14O2. The van der Waals surface area contributed by atoms with Crippen LogP contribution in [-0.4, -0.2) is 12.1 Å². The van der Waals surface area contributed by atoms with Gasteiger partial charge in [0.2, 0.25) is 5.78 Å². The van der Waals surface area contributed by atoms with Crippen molar-refractivity contribution in [3.05, 3.63) is 59.2 Å². The van der Waals surface area contributed by atoms with Crippen molar-refractivity contribution < 1.29 is 9.59 Å². The molecule has 0 N–H and O–H groups in total. The molecule has 3 aromatic rings. The van der Waals surface area contributed by atoms with E-state index < -0.39 is 5.78 Å². The van der Waals surface area contributed by atoms with Crippen LogP contribution in [-0.2, 0) is 4.79 Å². The van der Waals surface area contributed by atoms with Crippen LogP contribution in [0.25, 0.3) is 21.5 Å².